The van der Waals surface area contributed by atoms with Gasteiger partial charge in [0.25, 0.3) is 0 Å². The maximum atomic E-state index is 12.3. The Balaban J connectivity index is 2.26. The first-order valence-electron chi connectivity index (χ1n) is 9.20. The molecule has 1 fully saturated rings. The summed E-state index contributed by atoms with van der Waals surface area (Å²) in [5, 5.41) is 12.3. The molecule has 1 aromatic carbocycles. The number of rotatable bonds is 5. The second kappa shape index (κ2) is 7.47. The highest BCUT2D eigenvalue weighted by Crippen LogP contribution is 2.48. The van der Waals surface area contributed by atoms with Crippen LogP contribution in [0.1, 0.15) is 40.7 Å². The van der Waals surface area contributed by atoms with Gasteiger partial charge in [-0.25, -0.2) is 0 Å². The fraction of sp³-hybridized carbons (Fsp3) is 0.500. The van der Waals surface area contributed by atoms with Gasteiger partial charge in [-0.1, -0.05) is 18.2 Å². The molecule has 4 heteroatoms. The Morgan fingerprint density at radius 2 is 1.62 bits per heavy atom. The second-order valence-corrected chi connectivity index (χ2v) is 7.41. The molecule has 2 aromatic rings. The molecule has 0 saturated heterocycles. The monoisotopic (exact) mass is 355 g/mol. The summed E-state index contributed by atoms with van der Waals surface area (Å²) in [6, 6.07) is 8.06. The van der Waals surface area contributed by atoms with Gasteiger partial charge in [0.15, 0.2) is 0 Å². The van der Waals surface area contributed by atoms with E-state index in [2.05, 4.69) is 37.9 Å². The normalized spacial score (nSPS) is 25.2. The van der Waals surface area contributed by atoms with E-state index in [1.54, 1.807) is 26.6 Å². The van der Waals surface area contributed by atoms with Crippen molar-refractivity contribution in [3.63, 3.8) is 0 Å². The molecule has 0 spiro atoms. The molecule has 1 aliphatic rings. The quantitative estimate of drug-likeness (QED) is 0.889. The Kier molecular flexibility index (Phi) is 5.47. The second-order valence-electron chi connectivity index (χ2n) is 7.41. The van der Waals surface area contributed by atoms with Crippen molar-refractivity contribution in [2.45, 2.75) is 51.4 Å². The fourth-order valence-corrected chi connectivity index (χ4v) is 4.48. The van der Waals surface area contributed by atoms with Crippen molar-refractivity contribution in [3.8, 4) is 0 Å². The zero-order valence-electron chi connectivity index (χ0n) is 16.3. The van der Waals surface area contributed by atoms with E-state index >= 15 is 0 Å². The Morgan fingerprint density at radius 1 is 1.00 bits per heavy atom. The molecule has 3 rings (SSSR count). The summed E-state index contributed by atoms with van der Waals surface area (Å²) in [4.78, 5) is 4.28. The number of methoxy groups -OCH3 is 2. The van der Waals surface area contributed by atoms with Crippen molar-refractivity contribution in [1.29, 1.82) is 0 Å². The number of benzene rings is 1. The van der Waals surface area contributed by atoms with E-state index in [-0.39, 0.29) is 18.1 Å². The number of hydrogen-bond donors (Lipinski definition) is 1. The average molecular weight is 355 g/mol. The maximum Gasteiger partial charge on any atom is 0.124 e. The Labute approximate surface area is 156 Å². The SMILES string of the molecule is COC1CCC(OC)C1C(O)(c1cccnc1)c1cc(C)c(C)cc1C. The molecule has 0 bridgehead atoms. The molecular weight excluding hydrogens is 326 g/mol. The minimum atomic E-state index is -1.23. The van der Waals surface area contributed by atoms with Gasteiger partial charge >= 0.3 is 0 Å². The number of nitrogens with zero attached hydrogens (tertiary/aromatic N) is 1. The van der Waals surface area contributed by atoms with Gasteiger partial charge in [0.2, 0.25) is 0 Å². The van der Waals surface area contributed by atoms with Gasteiger partial charge in [0.05, 0.1) is 12.2 Å². The zero-order chi connectivity index (χ0) is 18.9. The lowest BCUT2D eigenvalue weighted by Gasteiger charge is -2.41. The largest absolute Gasteiger partial charge is 0.381 e. The highest BCUT2D eigenvalue weighted by Gasteiger charge is 2.52. The molecule has 0 amide bonds. The third kappa shape index (κ3) is 3.07. The third-order valence-corrected chi connectivity index (χ3v) is 5.98. The van der Waals surface area contributed by atoms with Crippen molar-refractivity contribution in [2.24, 2.45) is 5.92 Å². The van der Waals surface area contributed by atoms with Crippen LogP contribution >= 0.6 is 0 Å². The summed E-state index contributed by atoms with van der Waals surface area (Å²) < 4.78 is 11.6. The Hall–Kier alpha value is -1.75. The topological polar surface area (TPSA) is 51.6 Å². The summed E-state index contributed by atoms with van der Waals surface area (Å²) >= 11 is 0. The van der Waals surface area contributed by atoms with Crippen LogP contribution in [0, 0.1) is 26.7 Å². The maximum absolute atomic E-state index is 12.3. The lowest BCUT2D eigenvalue weighted by Crippen LogP contribution is -2.47. The van der Waals surface area contributed by atoms with Crippen molar-refractivity contribution in [1.82, 2.24) is 4.98 Å². The molecular formula is C22H29NO3. The van der Waals surface area contributed by atoms with Gasteiger partial charge in [0.1, 0.15) is 5.60 Å². The Morgan fingerprint density at radius 3 is 2.15 bits per heavy atom. The zero-order valence-corrected chi connectivity index (χ0v) is 16.3. The van der Waals surface area contributed by atoms with Gasteiger partial charge in [-0.2, -0.15) is 0 Å². The van der Waals surface area contributed by atoms with E-state index < -0.39 is 5.60 Å². The summed E-state index contributed by atoms with van der Waals surface area (Å²) in [6.07, 6.45) is 5.07. The van der Waals surface area contributed by atoms with Gasteiger partial charge < -0.3 is 14.6 Å². The van der Waals surface area contributed by atoms with Gasteiger partial charge in [-0.3, -0.25) is 4.98 Å². The minimum absolute atomic E-state index is 0.0776. The summed E-state index contributed by atoms with van der Waals surface area (Å²) in [6.45, 7) is 6.24. The minimum Gasteiger partial charge on any atom is -0.381 e. The molecule has 1 saturated carbocycles. The Bertz CT molecular complexity index is 749. The van der Waals surface area contributed by atoms with E-state index in [1.807, 2.05) is 12.1 Å². The number of hydrogen-bond acceptors (Lipinski definition) is 4. The van der Waals surface area contributed by atoms with Crippen LogP contribution in [-0.2, 0) is 15.1 Å². The van der Waals surface area contributed by atoms with Crippen LogP contribution in [-0.4, -0.2) is 36.5 Å². The molecule has 1 N–H and O–H groups in total. The predicted octanol–water partition coefficient (Wildman–Crippen LogP) is 3.68. The first-order chi connectivity index (χ1) is 12.4. The summed E-state index contributed by atoms with van der Waals surface area (Å²) in [5.41, 5.74) is 3.91. The van der Waals surface area contributed by atoms with Crippen molar-refractivity contribution in [2.75, 3.05) is 14.2 Å². The number of aryl methyl sites for hydroxylation is 3. The van der Waals surface area contributed by atoms with Crippen LogP contribution in [0.3, 0.4) is 0 Å². The number of aromatic nitrogens is 1. The van der Waals surface area contributed by atoms with E-state index in [0.29, 0.717) is 0 Å². The number of pyridine rings is 1. The van der Waals surface area contributed by atoms with Gasteiger partial charge in [-0.05, 0) is 61.9 Å². The van der Waals surface area contributed by atoms with Gasteiger partial charge in [-0.15, -0.1) is 0 Å². The van der Waals surface area contributed by atoms with Gasteiger partial charge in [0, 0.05) is 38.1 Å². The third-order valence-electron chi connectivity index (χ3n) is 5.98. The number of ether oxygens (including phenoxy) is 2. The van der Waals surface area contributed by atoms with E-state index in [4.69, 9.17) is 9.47 Å². The average Bonchev–Trinajstić information content (AvgIpc) is 3.08. The molecule has 140 valence electrons. The first-order valence-corrected chi connectivity index (χ1v) is 9.20. The standard InChI is InChI=1S/C22H29NO3/c1-14-11-16(3)18(12-15(14)2)22(24,17-7-6-10-23-13-17)21-19(25-4)8-9-20(21)26-5/h6-7,10-13,19-21,24H,8-9H2,1-5H3. The summed E-state index contributed by atoms with van der Waals surface area (Å²) in [5.74, 6) is -0.206. The van der Waals surface area contributed by atoms with E-state index in [9.17, 15) is 5.11 Å². The van der Waals surface area contributed by atoms with Crippen LogP contribution in [0.2, 0.25) is 0 Å². The molecule has 0 radical (unpaired) electrons. The molecule has 26 heavy (non-hydrogen) atoms. The highest BCUT2D eigenvalue weighted by molar-refractivity contribution is 5.46. The fourth-order valence-electron chi connectivity index (χ4n) is 4.48. The molecule has 3 unspecified atom stereocenters. The van der Waals surface area contributed by atoms with Crippen molar-refractivity contribution >= 4 is 0 Å². The van der Waals surface area contributed by atoms with E-state index in [1.165, 1.54) is 5.56 Å². The molecule has 3 atom stereocenters. The van der Waals surface area contributed by atoms with Crippen molar-refractivity contribution < 1.29 is 14.6 Å². The summed E-state index contributed by atoms with van der Waals surface area (Å²) in [7, 11) is 3.43. The van der Waals surface area contributed by atoms with E-state index in [0.717, 1.165) is 35.1 Å². The molecule has 1 aromatic heterocycles. The molecule has 4 nitrogen and oxygen atoms in total. The first kappa shape index (κ1) is 19.0. The highest BCUT2D eigenvalue weighted by atomic mass is 16.5. The smallest absolute Gasteiger partial charge is 0.124 e. The lowest BCUT2D eigenvalue weighted by molar-refractivity contribution is -0.0954. The van der Waals surface area contributed by atoms with Crippen LogP contribution in [0.15, 0.2) is 36.7 Å². The molecule has 1 heterocycles. The lowest BCUT2D eigenvalue weighted by atomic mass is 9.72. The van der Waals surface area contributed by atoms with Crippen LogP contribution < -0.4 is 0 Å². The van der Waals surface area contributed by atoms with Crippen molar-refractivity contribution in [3.05, 3.63) is 64.5 Å². The predicted molar refractivity (Wildman–Crippen MR) is 102 cm³/mol. The molecule has 1 aliphatic carbocycles. The van der Waals surface area contributed by atoms with Crippen LogP contribution in [0.5, 0.6) is 0 Å². The number of aliphatic hydroxyl groups is 1. The van der Waals surface area contributed by atoms with Crippen LogP contribution in [0.4, 0.5) is 0 Å². The molecule has 0 aliphatic heterocycles. The van der Waals surface area contributed by atoms with Crippen LogP contribution in [0.25, 0.3) is 0 Å².